The molecule has 0 radical (unpaired) electrons. The number of hydrogen-bond donors (Lipinski definition) is 1. The highest BCUT2D eigenvalue weighted by atomic mass is 16.5. The molecule has 0 saturated carbocycles. The minimum atomic E-state index is -0.162. The highest BCUT2D eigenvalue weighted by Crippen LogP contribution is 2.36. The number of methoxy groups -OCH3 is 2. The summed E-state index contributed by atoms with van der Waals surface area (Å²) >= 11 is 0. The van der Waals surface area contributed by atoms with Gasteiger partial charge in [0, 0.05) is 6.04 Å². The van der Waals surface area contributed by atoms with Crippen LogP contribution < -0.4 is 14.8 Å². The van der Waals surface area contributed by atoms with Crippen LogP contribution >= 0.6 is 0 Å². The third kappa shape index (κ3) is 3.47. The van der Waals surface area contributed by atoms with Crippen molar-refractivity contribution < 1.29 is 19.0 Å². The Morgan fingerprint density at radius 1 is 1.24 bits per heavy atom. The first kappa shape index (κ1) is 15.6. The Bertz CT molecular complexity index is 501. The van der Waals surface area contributed by atoms with Crippen molar-refractivity contribution in [1.82, 2.24) is 5.32 Å². The van der Waals surface area contributed by atoms with Gasteiger partial charge in [0.1, 0.15) is 0 Å². The van der Waals surface area contributed by atoms with E-state index in [-0.39, 0.29) is 24.0 Å². The lowest BCUT2D eigenvalue weighted by Crippen LogP contribution is -2.27. The largest absolute Gasteiger partial charge is 0.493 e. The van der Waals surface area contributed by atoms with E-state index in [1.165, 1.54) is 0 Å². The van der Waals surface area contributed by atoms with Crippen LogP contribution in [-0.4, -0.2) is 32.8 Å². The van der Waals surface area contributed by atoms with Gasteiger partial charge >= 0.3 is 5.97 Å². The summed E-state index contributed by atoms with van der Waals surface area (Å²) in [6.45, 7) is 4.54. The molecule has 0 spiro atoms. The quantitative estimate of drug-likeness (QED) is 0.844. The molecule has 2 rings (SSSR count). The van der Waals surface area contributed by atoms with Gasteiger partial charge in [0.25, 0.3) is 0 Å². The zero-order chi connectivity index (χ0) is 15.4. The maximum Gasteiger partial charge on any atom is 0.311 e. The maximum atomic E-state index is 12.2. The van der Waals surface area contributed by atoms with Crippen LogP contribution in [0.15, 0.2) is 18.2 Å². The minimum absolute atomic E-state index is 0.0453. The molecular weight excluding hydrogens is 270 g/mol. The van der Waals surface area contributed by atoms with Gasteiger partial charge in [-0.25, -0.2) is 0 Å². The minimum Gasteiger partial charge on any atom is -0.493 e. The first-order chi connectivity index (χ1) is 10.1. The fourth-order valence-electron chi connectivity index (χ4n) is 2.67. The molecule has 0 unspecified atom stereocenters. The monoisotopic (exact) mass is 293 g/mol. The first-order valence-corrected chi connectivity index (χ1v) is 7.22. The summed E-state index contributed by atoms with van der Waals surface area (Å²) in [7, 11) is 3.21. The smallest absolute Gasteiger partial charge is 0.311 e. The summed E-state index contributed by atoms with van der Waals surface area (Å²) < 4.78 is 15.9. The van der Waals surface area contributed by atoms with E-state index in [0.29, 0.717) is 11.5 Å². The second kappa shape index (κ2) is 6.80. The molecule has 1 aromatic carbocycles. The Kier molecular flexibility index (Phi) is 5.07. The Hall–Kier alpha value is -1.75. The van der Waals surface area contributed by atoms with Gasteiger partial charge in [0.2, 0.25) is 0 Å². The van der Waals surface area contributed by atoms with Gasteiger partial charge in [-0.05, 0) is 44.5 Å². The number of carbonyl (C=O) groups is 1. The van der Waals surface area contributed by atoms with Crippen molar-refractivity contribution in [2.45, 2.75) is 32.4 Å². The predicted octanol–water partition coefficient (Wildman–Crippen LogP) is 2.31. The van der Waals surface area contributed by atoms with E-state index in [9.17, 15) is 4.79 Å². The van der Waals surface area contributed by atoms with E-state index in [2.05, 4.69) is 5.32 Å². The Balaban J connectivity index is 2.21. The fraction of sp³-hybridized carbons (Fsp3) is 0.562. The summed E-state index contributed by atoms with van der Waals surface area (Å²) in [6, 6.07) is 5.69. The molecule has 0 amide bonds. The zero-order valence-electron chi connectivity index (χ0n) is 13.0. The van der Waals surface area contributed by atoms with Crippen molar-refractivity contribution in [3.63, 3.8) is 0 Å². The summed E-state index contributed by atoms with van der Waals surface area (Å²) in [6.07, 6.45) is 0.689. The van der Waals surface area contributed by atoms with Gasteiger partial charge in [-0.15, -0.1) is 0 Å². The van der Waals surface area contributed by atoms with Gasteiger partial charge in [0.15, 0.2) is 11.5 Å². The SMILES string of the molecule is COc1ccc([C@@H]2NCC[C@H]2C(=O)OC(C)C)cc1OC. The summed E-state index contributed by atoms with van der Waals surface area (Å²) in [5, 5.41) is 3.37. The van der Waals surface area contributed by atoms with E-state index >= 15 is 0 Å². The molecule has 21 heavy (non-hydrogen) atoms. The zero-order valence-corrected chi connectivity index (χ0v) is 13.0. The fourth-order valence-corrected chi connectivity index (χ4v) is 2.67. The van der Waals surface area contributed by atoms with E-state index in [4.69, 9.17) is 14.2 Å². The molecule has 116 valence electrons. The predicted molar refractivity (Wildman–Crippen MR) is 79.6 cm³/mol. The van der Waals surface area contributed by atoms with Crippen molar-refractivity contribution in [3.05, 3.63) is 23.8 Å². The van der Waals surface area contributed by atoms with Crippen molar-refractivity contribution in [3.8, 4) is 11.5 Å². The number of carbonyl (C=O) groups excluding carboxylic acids is 1. The van der Waals surface area contributed by atoms with Crippen LogP contribution in [0.25, 0.3) is 0 Å². The molecule has 0 aromatic heterocycles. The van der Waals surface area contributed by atoms with Crippen molar-refractivity contribution in [2.24, 2.45) is 5.92 Å². The molecule has 1 heterocycles. The molecule has 1 aliphatic heterocycles. The van der Waals surface area contributed by atoms with E-state index < -0.39 is 0 Å². The number of nitrogens with one attached hydrogen (secondary N) is 1. The second-order valence-corrected chi connectivity index (χ2v) is 5.43. The lowest BCUT2D eigenvalue weighted by atomic mass is 9.94. The molecule has 1 N–H and O–H groups in total. The number of rotatable bonds is 5. The van der Waals surface area contributed by atoms with Crippen LogP contribution in [0.1, 0.15) is 31.9 Å². The van der Waals surface area contributed by atoms with Gasteiger partial charge < -0.3 is 19.5 Å². The number of benzene rings is 1. The van der Waals surface area contributed by atoms with E-state index in [1.807, 2.05) is 32.0 Å². The molecule has 1 saturated heterocycles. The molecule has 1 aliphatic rings. The normalized spacial score (nSPS) is 21.4. The first-order valence-electron chi connectivity index (χ1n) is 7.22. The van der Waals surface area contributed by atoms with Gasteiger partial charge in [-0.3, -0.25) is 4.79 Å². The molecule has 5 nitrogen and oxygen atoms in total. The highest BCUT2D eigenvalue weighted by molar-refractivity contribution is 5.74. The van der Waals surface area contributed by atoms with Crippen LogP contribution in [0.4, 0.5) is 0 Å². The van der Waals surface area contributed by atoms with Gasteiger partial charge in [0.05, 0.1) is 26.2 Å². The van der Waals surface area contributed by atoms with Crippen molar-refractivity contribution in [2.75, 3.05) is 20.8 Å². The average Bonchev–Trinajstić information content (AvgIpc) is 2.95. The second-order valence-electron chi connectivity index (χ2n) is 5.43. The van der Waals surface area contributed by atoms with Crippen LogP contribution in [0, 0.1) is 5.92 Å². The molecule has 5 heteroatoms. The van der Waals surface area contributed by atoms with E-state index in [1.54, 1.807) is 14.2 Å². The molecule has 1 aromatic rings. The molecular formula is C16H23NO4. The van der Waals surface area contributed by atoms with Crippen molar-refractivity contribution >= 4 is 5.97 Å². The van der Waals surface area contributed by atoms with Crippen LogP contribution in [0.2, 0.25) is 0 Å². The molecule has 2 atom stereocenters. The molecule has 0 bridgehead atoms. The third-order valence-corrected chi connectivity index (χ3v) is 3.64. The molecule has 0 aliphatic carbocycles. The standard InChI is InChI=1S/C16H23NO4/c1-10(2)21-16(18)12-7-8-17-15(12)11-5-6-13(19-3)14(9-11)20-4/h5-6,9-10,12,15,17H,7-8H2,1-4H3/t12-,15+/m1/s1. The van der Waals surface area contributed by atoms with E-state index in [0.717, 1.165) is 18.5 Å². The molecule has 1 fully saturated rings. The lowest BCUT2D eigenvalue weighted by Gasteiger charge is -2.21. The Morgan fingerprint density at radius 3 is 2.57 bits per heavy atom. The van der Waals surface area contributed by atoms with Crippen LogP contribution in [0.3, 0.4) is 0 Å². The topological polar surface area (TPSA) is 56.8 Å². The lowest BCUT2D eigenvalue weighted by molar-refractivity contribution is -0.152. The Labute approximate surface area is 125 Å². The van der Waals surface area contributed by atoms with Gasteiger partial charge in [-0.1, -0.05) is 6.07 Å². The van der Waals surface area contributed by atoms with Crippen LogP contribution in [0.5, 0.6) is 11.5 Å². The van der Waals surface area contributed by atoms with Gasteiger partial charge in [-0.2, -0.15) is 0 Å². The summed E-state index contributed by atoms with van der Waals surface area (Å²) in [4.78, 5) is 12.2. The summed E-state index contributed by atoms with van der Waals surface area (Å²) in [5.74, 6) is 1.04. The van der Waals surface area contributed by atoms with Crippen molar-refractivity contribution in [1.29, 1.82) is 0 Å². The average molecular weight is 293 g/mol. The number of hydrogen-bond acceptors (Lipinski definition) is 5. The number of ether oxygens (including phenoxy) is 3. The highest BCUT2D eigenvalue weighted by Gasteiger charge is 2.35. The Morgan fingerprint density at radius 2 is 1.95 bits per heavy atom. The third-order valence-electron chi connectivity index (χ3n) is 3.64. The van der Waals surface area contributed by atoms with Crippen LogP contribution in [-0.2, 0) is 9.53 Å². The maximum absolute atomic E-state index is 12.2. The number of esters is 1. The summed E-state index contributed by atoms with van der Waals surface area (Å²) in [5.41, 5.74) is 1.01.